The van der Waals surface area contributed by atoms with Gasteiger partial charge in [0.05, 0.1) is 13.1 Å². The molecule has 0 spiro atoms. The van der Waals surface area contributed by atoms with Crippen molar-refractivity contribution in [3.05, 3.63) is 88.1 Å². The molecule has 0 bridgehead atoms. The van der Waals surface area contributed by atoms with Crippen LogP contribution in [0.2, 0.25) is 0 Å². The number of para-hydroxylation sites is 1. The third-order valence-corrected chi connectivity index (χ3v) is 5.38. The summed E-state index contributed by atoms with van der Waals surface area (Å²) in [6.45, 7) is 4.37. The van der Waals surface area contributed by atoms with E-state index in [-0.39, 0.29) is 11.8 Å². The van der Waals surface area contributed by atoms with Crippen LogP contribution in [0.25, 0.3) is 0 Å². The number of amides is 2. The van der Waals surface area contributed by atoms with Crippen molar-refractivity contribution in [2.24, 2.45) is 0 Å². The summed E-state index contributed by atoms with van der Waals surface area (Å²) in [5.74, 6) is -0.123. The highest BCUT2D eigenvalue weighted by molar-refractivity contribution is 7.09. The third kappa shape index (κ3) is 6.55. The number of rotatable bonds is 9. The maximum Gasteiger partial charge on any atom is 0.255 e. The smallest absolute Gasteiger partial charge is 0.255 e. The Kier molecular flexibility index (Phi) is 7.55. The largest absolute Gasteiger partial charge is 0.350 e. The lowest BCUT2D eigenvalue weighted by atomic mass is 10.1. The Morgan fingerprint density at radius 2 is 1.72 bits per heavy atom. The van der Waals surface area contributed by atoms with Crippen LogP contribution in [0.1, 0.15) is 27.7 Å². The standard InChI is InChI=1S/C23H25N3O2S/c1-2-26(17-22(27)24-15-21-9-6-14-29-21)16-18-10-12-19(13-11-18)23(28)25-20-7-4-3-5-8-20/h3-14H,2,15-17H2,1H3,(H,24,27)(H,25,28). The van der Waals surface area contributed by atoms with Crippen LogP contribution in [0.5, 0.6) is 0 Å². The maximum absolute atomic E-state index is 12.3. The van der Waals surface area contributed by atoms with Gasteiger partial charge in [-0.3, -0.25) is 14.5 Å². The van der Waals surface area contributed by atoms with Crippen molar-refractivity contribution in [3.63, 3.8) is 0 Å². The number of carbonyl (C=O) groups is 2. The zero-order valence-electron chi connectivity index (χ0n) is 16.4. The van der Waals surface area contributed by atoms with Crippen molar-refractivity contribution >= 4 is 28.8 Å². The molecule has 2 amide bonds. The minimum absolute atomic E-state index is 0.0131. The monoisotopic (exact) mass is 407 g/mol. The molecule has 3 rings (SSSR count). The van der Waals surface area contributed by atoms with Crippen molar-refractivity contribution < 1.29 is 9.59 Å². The van der Waals surface area contributed by atoms with Gasteiger partial charge in [-0.1, -0.05) is 43.3 Å². The van der Waals surface area contributed by atoms with E-state index in [1.54, 1.807) is 11.3 Å². The molecule has 0 aliphatic heterocycles. The number of nitrogens with zero attached hydrogens (tertiary/aromatic N) is 1. The summed E-state index contributed by atoms with van der Waals surface area (Å²) in [6.07, 6.45) is 0. The maximum atomic E-state index is 12.3. The number of benzene rings is 2. The summed E-state index contributed by atoms with van der Waals surface area (Å²) in [6, 6.07) is 20.9. The number of nitrogens with one attached hydrogen (secondary N) is 2. The molecule has 0 saturated heterocycles. The van der Waals surface area contributed by atoms with Crippen LogP contribution in [-0.4, -0.2) is 29.8 Å². The lowest BCUT2D eigenvalue weighted by Crippen LogP contribution is -2.36. The Morgan fingerprint density at radius 3 is 2.38 bits per heavy atom. The summed E-state index contributed by atoms with van der Waals surface area (Å²) >= 11 is 1.64. The Morgan fingerprint density at radius 1 is 0.966 bits per heavy atom. The van der Waals surface area contributed by atoms with Crippen molar-refractivity contribution in [2.45, 2.75) is 20.0 Å². The number of carbonyl (C=O) groups excluding carboxylic acids is 2. The van der Waals surface area contributed by atoms with Crippen LogP contribution in [0.15, 0.2) is 72.1 Å². The second-order valence-electron chi connectivity index (χ2n) is 6.68. The van der Waals surface area contributed by atoms with Crippen LogP contribution < -0.4 is 10.6 Å². The normalized spacial score (nSPS) is 10.7. The molecular weight excluding hydrogens is 382 g/mol. The van der Waals surface area contributed by atoms with Crippen LogP contribution in [0.3, 0.4) is 0 Å². The molecule has 1 heterocycles. The average molecular weight is 408 g/mol. The molecule has 0 aliphatic carbocycles. The molecule has 0 unspecified atom stereocenters. The highest BCUT2D eigenvalue weighted by Crippen LogP contribution is 2.12. The van der Waals surface area contributed by atoms with E-state index in [1.165, 1.54) is 0 Å². The van der Waals surface area contributed by atoms with Crippen LogP contribution >= 0.6 is 11.3 Å². The van der Waals surface area contributed by atoms with E-state index in [0.717, 1.165) is 22.7 Å². The lowest BCUT2D eigenvalue weighted by molar-refractivity contribution is -0.122. The summed E-state index contributed by atoms with van der Waals surface area (Å²) in [7, 11) is 0. The van der Waals surface area contributed by atoms with Crippen LogP contribution in [0, 0.1) is 0 Å². The summed E-state index contributed by atoms with van der Waals surface area (Å²) < 4.78 is 0. The Balaban J connectivity index is 1.50. The first-order chi connectivity index (χ1) is 14.1. The van der Waals surface area contributed by atoms with Crippen molar-refractivity contribution in [3.8, 4) is 0 Å². The average Bonchev–Trinajstić information content (AvgIpc) is 3.27. The Bertz CT molecular complexity index is 909. The summed E-state index contributed by atoms with van der Waals surface area (Å²) in [4.78, 5) is 27.8. The first kappa shape index (κ1) is 20.8. The molecule has 0 saturated carbocycles. The van der Waals surface area contributed by atoms with Gasteiger partial charge < -0.3 is 10.6 Å². The van der Waals surface area contributed by atoms with Gasteiger partial charge in [0, 0.05) is 22.7 Å². The molecule has 6 heteroatoms. The van der Waals surface area contributed by atoms with Crippen molar-refractivity contribution in [1.82, 2.24) is 10.2 Å². The van der Waals surface area contributed by atoms with Gasteiger partial charge in [0.25, 0.3) is 5.91 Å². The topological polar surface area (TPSA) is 61.4 Å². The van der Waals surface area contributed by atoms with E-state index in [4.69, 9.17) is 0 Å². The number of hydrogen-bond acceptors (Lipinski definition) is 4. The predicted molar refractivity (Wildman–Crippen MR) is 118 cm³/mol. The van der Waals surface area contributed by atoms with E-state index in [9.17, 15) is 9.59 Å². The van der Waals surface area contributed by atoms with Gasteiger partial charge >= 0.3 is 0 Å². The zero-order chi connectivity index (χ0) is 20.5. The zero-order valence-corrected chi connectivity index (χ0v) is 17.2. The molecule has 0 fully saturated rings. The Labute approximate surface area is 175 Å². The van der Waals surface area contributed by atoms with Gasteiger partial charge in [0.1, 0.15) is 0 Å². The van der Waals surface area contributed by atoms with E-state index in [0.29, 0.717) is 25.2 Å². The van der Waals surface area contributed by atoms with Gasteiger partial charge in [-0.2, -0.15) is 0 Å². The first-order valence-corrected chi connectivity index (χ1v) is 10.5. The second-order valence-corrected chi connectivity index (χ2v) is 7.71. The molecule has 1 aromatic heterocycles. The highest BCUT2D eigenvalue weighted by atomic mass is 32.1. The SMILES string of the molecule is CCN(CC(=O)NCc1cccs1)Cc1ccc(C(=O)Nc2ccccc2)cc1. The highest BCUT2D eigenvalue weighted by Gasteiger charge is 2.11. The fourth-order valence-corrected chi connectivity index (χ4v) is 3.53. The van der Waals surface area contributed by atoms with Crippen molar-refractivity contribution in [2.75, 3.05) is 18.4 Å². The molecule has 2 N–H and O–H groups in total. The van der Waals surface area contributed by atoms with E-state index in [1.807, 2.05) is 79.0 Å². The van der Waals surface area contributed by atoms with Crippen LogP contribution in [0.4, 0.5) is 5.69 Å². The quantitative estimate of drug-likeness (QED) is 0.560. The number of anilines is 1. The van der Waals surface area contributed by atoms with Gasteiger partial charge in [-0.25, -0.2) is 0 Å². The third-order valence-electron chi connectivity index (χ3n) is 4.51. The van der Waals surface area contributed by atoms with E-state index in [2.05, 4.69) is 15.5 Å². The lowest BCUT2D eigenvalue weighted by Gasteiger charge is -2.20. The fourth-order valence-electron chi connectivity index (χ4n) is 2.88. The molecule has 150 valence electrons. The molecule has 0 atom stereocenters. The first-order valence-electron chi connectivity index (χ1n) is 9.61. The number of likely N-dealkylation sites (N-methyl/N-ethyl adjacent to an activating group) is 1. The molecule has 29 heavy (non-hydrogen) atoms. The van der Waals surface area contributed by atoms with Crippen molar-refractivity contribution in [1.29, 1.82) is 0 Å². The fraction of sp³-hybridized carbons (Fsp3) is 0.217. The molecule has 0 aliphatic rings. The minimum atomic E-state index is -0.136. The molecule has 3 aromatic rings. The predicted octanol–water partition coefficient (Wildman–Crippen LogP) is 4.14. The van der Waals surface area contributed by atoms with Crippen LogP contribution in [-0.2, 0) is 17.9 Å². The van der Waals surface area contributed by atoms with E-state index < -0.39 is 0 Å². The van der Waals surface area contributed by atoms with Gasteiger partial charge in [0.15, 0.2) is 0 Å². The van der Waals surface area contributed by atoms with E-state index >= 15 is 0 Å². The van der Waals surface area contributed by atoms with Gasteiger partial charge in [-0.15, -0.1) is 11.3 Å². The summed E-state index contributed by atoms with van der Waals surface area (Å²) in [5, 5.41) is 7.84. The number of hydrogen-bond donors (Lipinski definition) is 2. The second kappa shape index (κ2) is 10.5. The van der Waals surface area contributed by atoms with Gasteiger partial charge in [-0.05, 0) is 47.8 Å². The summed E-state index contributed by atoms with van der Waals surface area (Å²) in [5.41, 5.74) is 2.44. The van der Waals surface area contributed by atoms with Gasteiger partial charge in [0.2, 0.25) is 5.91 Å². The molecule has 0 radical (unpaired) electrons. The Hall–Kier alpha value is -2.96. The minimum Gasteiger partial charge on any atom is -0.350 e. The molecular formula is C23H25N3O2S. The molecule has 2 aromatic carbocycles. The number of thiophene rings is 1. The molecule has 5 nitrogen and oxygen atoms in total.